The highest BCUT2D eigenvalue weighted by molar-refractivity contribution is 5.44. The standard InChI is InChI=1S/C18H29N3/c1-3-10-19-14(2)16-8-11-20-18(13-16)21-12-9-15-6-4-5-7-17(15)21/h8,11,13-15,17,19H,3-7,9-10,12H2,1-2H3. The SMILES string of the molecule is CCCNC(C)c1ccnc(N2CCC3CCCCC32)c1. The normalized spacial score (nSPS) is 26.7. The molecule has 0 bridgehead atoms. The molecule has 1 aromatic heterocycles. The summed E-state index contributed by atoms with van der Waals surface area (Å²) in [6, 6.07) is 5.63. The molecule has 1 saturated heterocycles. The van der Waals surface area contributed by atoms with Gasteiger partial charge in [0, 0.05) is 24.8 Å². The minimum atomic E-state index is 0.413. The Labute approximate surface area is 129 Å². The summed E-state index contributed by atoms with van der Waals surface area (Å²) in [5, 5.41) is 3.58. The van der Waals surface area contributed by atoms with Gasteiger partial charge < -0.3 is 10.2 Å². The lowest BCUT2D eigenvalue weighted by Crippen LogP contribution is -2.35. The van der Waals surface area contributed by atoms with Gasteiger partial charge in [-0.25, -0.2) is 4.98 Å². The molecular weight excluding hydrogens is 258 g/mol. The smallest absolute Gasteiger partial charge is 0.129 e. The van der Waals surface area contributed by atoms with E-state index in [9.17, 15) is 0 Å². The van der Waals surface area contributed by atoms with Crippen LogP contribution in [0, 0.1) is 5.92 Å². The third-order valence-corrected chi connectivity index (χ3v) is 5.27. The molecule has 116 valence electrons. The fraction of sp³-hybridized carbons (Fsp3) is 0.722. The van der Waals surface area contributed by atoms with Crippen LogP contribution in [0.2, 0.25) is 0 Å². The van der Waals surface area contributed by atoms with Gasteiger partial charge in [-0.1, -0.05) is 19.8 Å². The Morgan fingerprint density at radius 1 is 1.33 bits per heavy atom. The lowest BCUT2D eigenvalue weighted by molar-refractivity contribution is 0.341. The minimum Gasteiger partial charge on any atom is -0.353 e. The summed E-state index contributed by atoms with van der Waals surface area (Å²) in [6.07, 6.45) is 10.1. The number of rotatable bonds is 5. The van der Waals surface area contributed by atoms with Crippen LogP contribution in [-0.2, 0) is 0 Å². The zero-order valence-corrected chi connectivity index (χ0v) is 13.5. The summed E-state index contributed by atoms with van der Waals surface area (Å²) in [6.45, 7) is 6.74. The molecule has 0 radical (unpaired) electrons. The lowest BCUT2D eigenvalue weighted by atomic mass is 9.85. The average molecular weight is 287 g/mol. The Balaban J connectivity index is 1.73. The maximum Gasteiger partial charge on any atom is 0.129 e. The molecule has 1 aliphatic heterocycles. The number of fused-ring (bicyclic) bond motifs is 1. The van der Waals surface area contributed by atoms with Gasteiger partial charge in [0.05, 0.1) is 0 Å². The van der Waals surface area contributed by atoms with Crippen molar-refractivity contribution in [3.05, 3.63) is 23.9 Å². The Hall–Kier alpha value is -1.09. The summed E-state index contributed by atoms with van der Waals surface area (Å²) in [7, 11) is 0. The number of anilines is 1. The Morgan fingerprint density at radius 2 is 2.19 bits per heavy atom. The predicted molar refractivity (Wildman–Crippen MR) is 88.7 cm³/mol. The largest absolute Gasteiger partial charge is 0.353 e. The number of nitrogens with one attached hydrogen (secondary N) is 1. The molecule has 0 spiro atoms. The van der Waals surface area contributed by atoms with Gasteiger partial charge in [0.15, 0.2) is 0 Å². The molecule has 2 fully saturated rings. The van der Waals surface area contributed by atoms with Gasteiger partial charge in [0.2, 0.25) is 0 Å². The predicted octanol–water partition coefficient (Wildman–Crippen LogP) is 3.91. The fourth-order valence-electron chi connectivity index (χ4n) is 4.03. The van der Waals surface area contributed by atoms with E-state index in [1.54, 1.807) is 0 Å². The lowest BCUT2D eigenvalue weighted by Gasteiger charge is -2.32. The van der Waals surface area contributed by atoms with Crippen molar-refractivity contribution in [1.82, 2.24) is 10.3 Å². The van der Waals surface area contributed by atoms with Crippen molar-refractivity contribution in [2.75, 3.05) is 18.0 Å². The average Bonchev–Trinajstić information content (AvgIpc) is 2.97. The summed E-state index contributed by atoms with van der Waals surface area (Å²) in [4.78, 5) is 7.26. The third kappa shape index (κ3) is 3.23. The molecule has 1 saturated carbocycles. The van der Waals surface area contributed by atoms with Gasteiger partial charge in [-0.05, 0) is 62.8 Å². The second-order valence-electron chi connectivity index (χ2n) is 6.72. The van der Waals surface area contributed by atoms with Crippen LogP contribution in [0.4, 0.5) is 5.82 Å². The molecule has 3 atom stereocenters. The molecule has 0 amide bonds. The van der Waals surface area contributed by atoms with E-state index < -0.39 is 0 Å². The zero-order chi connectivity index (χ0) is 14.7. The number of hydrogen-bond acceptors (Lipinski definition) is 3. The third-order valence-electron chi connectivity index (χ3n) is 5.27. The maximum atomic E-state index is 4.67. The minimum absolute atomic E-state index is 0.413. The number of pyridine rings is 1. The molecule has 3 nitrogen and oxygen atoms in total. The van der Waals surface area contributed by atoms with Crippen LogP contribution in [0.5, 0.6) is 0 Å². The zero-order valence-electron chi connectivity index (χ0n) is 13.5. The number of nitrogens with zero attached hydrogens (tertiary/aromatic N) is 2. The molecule has 2 heterocycles. The first-order chi connectivity index (χ1) is 10.3. The van der Waals surface area contributed by atoms with Crippen molar-refractivity contribution in [1.29, 1.82) is 0 Å². The van der Waals surface area contributed by atoms with Crippen LogP contribution < -0.4 is 10.2 Å². The van der Waals surface area contributed by atoms with E-state index in [1.165, 1.54) is 56.5 Å². The van der Waals surface area contributed by atoms with Crippen molar-refractivity contribution in [3.63, 3.8) is 0 Å². The monoisotopic (exact) mass is 287 g/mol. The second kappa shape index (κ2) is 6.78. The van der Waals surface area contributed by atoms with Gasteiger partial charge in [0.25, 0.3) is 0 Å². The van der Waals surface area contributed by atoms with Gasteiger partial charge >= 0.3 is 0 Å². The molecule has 0 aromatic carbocycles. The Morgan fingerprint density at radius 3 is 3.05 bits per heavy atom. The quantitative estimate of drug-likeness (QED) is 0.890. The maximum absolute atomic E-state index is 4.67. The van der Waals surface area contributed by atoms with E-state index in [-0.39, 0.29) is 0 Å². The molecule has 3 heteroatoms. The highest BCUT2D eigenvalue weighted by Gasteiger charge is 2.36. The first kappa shape index (κ1) is 14.8. The number of aromatic nitrogens is 1. The molecule has 21 heavy (non-hydrogen) atoms. The van der Waals surface area contributed by atoms with Crippen LogP contribution >= 0.6 is 0 Å². The highest BCUT2D eigenvalue weighted by Crippen LogP contribution is 2.38. The summed E-state index contributed by atoms with van der Waals surface area (Å²) in [5.74, 6) is 2.12. The van der Waals surface area contributed by atoms with Crippen molar-refractivity contribution in [2.24, 2.45) is 5.92 Å². The number of hydrogen-bond donors (Lipinski definition) is 1. The van der Waals surface area contributed by atoms with Crippen LogP contribution in [-0.4, -0.2) is 24.1 Å². The second-order valence-corrected chi connectivity index (χ2v) is 6.72. The Kier molecular flexibility index (Phi) is 4.79. The summed E-state index contributed by atoms with van der Waals surface area (Å²) >= 11 is 0. The first-order valence-electron chi connectivity index (χ1n) is 8.75. The van der Waals surface area contributed by atoms with Crippen LogP contribution in [0.3, 0.4) is 0 Å². The molecule has 1 aromatic rings. The summed E-state index contributed by atoms with van der Waals surface area (Å²) in [5.41, 5.74) is 1.37. The molecule has 1 N–H and O–H groups in total. The van der Waals surface area contributed by atoms with E-state index in [0.29, 0.717) is 6.04 Å². The topological polar surface area (TPSA) is 28.2 Å². The molecule has 3 rings (SSSR count). The van der Waals surface area contributed by atoms with Crippen LogP contribution in [0.15, 0.2) is 18.3 Å². The van der Waals surface area contributed by atoms with E-state index in [1.807, 2.05) is 6.20 Å². The molecule has 1 aliphatic carbocycles. The molecule has 2 aliphatic rings. The van der Waals surface area contributed by atoms with E-state index in [0.717, 1.165) is 18.5 Å². The van der Waals surface area contributed by atoms with E-state index in [4.69, 9.17) is 0 Å². The van der Waals surface area contributed by atoms with Crippen molar-refractivity contribution >= 4 is 5.82 Å². The van der Waals surface area contributed by atoms with Crippen molar-refractivity contribution < 1.29 is 0 Å². The van der Waals surface area contributed by atoms with E-state index >= 15 is 0 Å². The van der Waals surface area contributed by atoms with Crippen molar-refractivity contribution in [2.45, 2.75) is 64.5 Å². The first-order valence-corrected chi connectivity index (χ1v) is 8.75. The fourth-order valence-corrected chi connectivity index (χ4v) is 4.03. The molecule has 3 unspecified atom stereocenters. The van der Waals surface area contributed by atoms with Crippen LogP contribution in [0.1, 0.15) is 64.0 Å². The van der Waals surface area contributed by atoms with Crippen LogP contribution in [0.25, 0.3) is 0 Å². The summed E-state index contributed by atoms with van der Waals surface area (Å²) < 4.78 is 0. The highest BCUT2D eigenvalue weighted by atomic mass is 15.2. The van der Waals surface area contributed by atoms with Gasteiger partial charge in [-0.2, -0.15) is 0 Å². The molecular formula is C18H29N3. The van der Waals surface area contributed by atoms with E-state index in [2.05, 4.69) is 41.2 Å². The van der Waals surface area contributed by atoms with Gasteiger partial charge in [-0.15, -0.1) is 0 Å². The van der Waals surface area contributed by atoms with Gasteiger partial charge in [0.1, 0.15) is 5.82 Å². The Bertz CT molecular complexity index is 460. The van der Waals surface area contributed by atoms with Gasteiger partial charge in [-0.3, -0.25) is 0 Å². The van der Waals surface area contributed by atoms with Crippen molar-refractivity contribution in [3.8, 4) is 0 Å².